The Morgan fingerprint density at radius 2 is 1.15 bits per heavy atom. The zero-order valence-corrected chi connectivity index (χ0v) is 37.3. The molecule has 1 aliphatic carbocycles. The van der Waals surface area contributed by atoms with Gasteiger partial charge in [-0.05, 0) is 149 Å². The van der Waals surface area contributed by atoms with Crippen molar-refractivity contribution in [3.8, 4) is 11.1 Å². The number of amides is 2. The van der Waals surface area contributed by atoms with E-state index in [1.54, 1.807) is 14.1 Å². The van der Waals surface area contributed by atoms with Crippen LogP contribution in [0.1, 0.15) is 121 Å². The predicted molar refractivity (Wildman–Crippen MR) is 235 cm³/mol. The number of benzene rings is 4. The fourth-order valence-electron chi connectivity index (χ4n) is 7.68. The summed E-state index contributed by atoms with van der Waals surface area (Å²) in [4.78, 5) is 29.5. The number of hydrogen-bond donors (Lipinski definition) is 0. The van der Waals surface area contributed by atoms with Gasteiger partial charge >= 0.3 is 12.2 Å². The maximum atomic E-state index is 13.3. The third-order valence-corrected chi connectivity index (χ3v) is 11.3. The molecule has 5 rings (SSSR count). The summed E-state index contributed by atoms with van der Waals surface area (Å²) in [5, 5.41) is 0. The number of ether oxygens (including phenoxy) is 2. The highest BCUT2D eigenvalue weighted by molar-refractivity contribution is 9.10. The summed E-state index contributed by atoms with van der Waals surface area (Å²) in [6.07, 6.45) is 8.69. The smallest absolute Gasteiger partial charge is 0.414 e. The second-order valence-electron chi connectivity index (χ2n) is 16.9. The van der Waals surface area contributed by atoms with Gasteiger partial charge in [-0.3, -0.25) is 9.80 Å². The molecule has 1 aliphatic rings. The minimum Gasteiger partial charge on any atom is -0.443 e. The molecule has 0 aromatic heterocycles. The van der Waals surface area contributed by atoms with Crippen LogP contribution >= 0.6 is 31.9 Å². The highest BCUT2D eigenvalue weighted by atomic mass is 79.9. The van der Waals surface area contributed by atoms with E-state index in [1.165, 1.54) is 68.9 Å². The SMILES string of the molecule is CCCCCCc1cccc(C2(CCCCc3ccc(N(C)C(=O)OC(C)(C)C)c(N(C)C(=O)OC(C)(C)C)c3)c3cc(Br)ccc3-c3ccc(Br)cc32)c1. The molecule has 0 N–H and O–H groups in total. The molecule has 0 fully saturated rings. The number of hydrogen-bond acceptors (Lipinski definition) is 4. The lowest BCUT2D eigenvalue weighted by Crippen LogP contribution is -2.37. The summed E-state index contributed by atoms with van der Waals surface area (Å²) in [7, 11) is 3.36. The van der Waals surface area contributed by atoms with Crippen LogP contribution in [0.4, 0.5) is 21.0 Å². The average Bonchev–Trinajstić information content (AvgIpc) is 3.38. The van der Waals surface area contributed by atoms with Gasteiger partial charge in [0.15, 0.2) is 0 Å². The van der Waals surface area contributed by atoms with E-state index >= 15 is 0 Å². The summed E-state index contributed by atoms with van der Waals surface area (Å²) >= 11 is 7.66. The lowest BCUT2D eigenvalue weighted by atomic mass is 9.69. The summed E-state index contributed by atoms with van der Waals surface area (Å²) in [5.41, 5.74) is 8.57. The van der Waals surface area contributed by atoms with E-state index in [1.807, 2.05) is 53.7 Å². The molecule has 0 saturated carbocycles. The number of carbonyl (C=O) groups excluding carboxylic acids is 2. The van der Waals surface area contributed by atoms with Gasteiger partial charge < -0.3 is 9.47 Å². The lowest BCUT2D eigenvalue weighted by Gasteiger charge is -2.34. The van der Waals surface area contributed by atoms with Gasteiger partial charge in [0.2, 0.25) is 0 Å². The Kier molecular flexibility index (Phi) is 13.7. The highest BCUT2D eigenvalue weighted by Crippen LogP contribution is 2.56. The van der Waals surface area contributed by atoms with E-state index in [-0.39, 0.29) is 5.41 Å². The van der Waals surface area contributed by atoms with E-state index in [0.717, 1.165) is 46.6 Å². The fraction of sp³-hybridized carbons (Fsp3) is 0.447. The van der Waals surface area contributed by atoms with Crippen LogP contribution in [0.3, 0.4) is 0 Å². The first kappa shape index (κ1) is 42.5. The molecule has 0 saturated heterocycles. The molecule has 2 amide bonds. The topological polar surface area (TPSA) is 59.1 Å². The van der Waals surface area contributed by atoms with Crippen molar-refractivity contribution in [2.24, 2.45) is 0 Å². The molecule has 0 radical (unpaired) electrons. The normalized spacial score (nSPS) is 13.2. The quantitative estimate of drug-likeness (QED) is 0.126. The number of rotatable bonds is 13. The van der Waals surface area contributed by atoms with Gasteiger partial charge in [0, 0.05) is 28.5 Å². The maximum Gasteiger partial charge on any atom is 0.414 e. The van der Waals surface area contributed by atoms with Crippen molar-refractivity contribution in [3.63, 3.8) is 0 Å². The number of anilines is 2. The van der Waals surface area contributed by atoms with Gasteiger partial charge in [-0.2, -0.15) is 0 Å². The van der Waals surface area contributed by atoms with E-state index < -0.39 is 23.4 Å². The van der Waals surface area contributed by atoms with E-state index in [0.29, 0.717) is 11.4 Å². The standard InChI is InChI=1S/C47H58Br2N2O4/c1-10-11-12-13-17-32-19-16-20-34(28-32)47(39-30-35(48)22-24-37(39)38-25-23-36(49)31-40(38)47)27-15-14-18-33-21-26-41(50(8)43(52)54-45(2,3)4)42(29-33)51(9)44(53)55-46(5,6)7/h16,19-26,28-31H,10-15,17-18,27H2,1-9H3. The van der Waals surface area contributed by atoms with Gasteiger partial charge in [-0.15, -0.1) is 0 Å². The third-order valence-electron chi connectivity index (χ3n) is 10.3. The second-order valence-corrected chi connectivity index (χ2v) is 18.7. The molecule has 6 nitrogen and oxygen atoms in total. The van der Waals surface area contributed by atoms with Crippen LogP contribution in [-0.2, 0) is 27.7 Å². The van der Waals surface area contributed by atoms with E-state index in [4.69, 9.17) is 9.47 Å². The van der Waals surface area contributed by atoms with Gasteiger partial charge in [-0.1, -0.05) is 107 Å². The van der Waals surface area contributed by atoms with Crippen molar-refractivity contribution in [1.29, 1.82) is 0 Å². The summed E-state index contributed by atoms with van der Waals surface area (Å²) in [6, 6.07) is 28.8. The first-order chi connectivity index (χ1) is 25.9. The Balaban J connectivity index is 1.47. The monoisotopic (exact) mass is 872 g/mol. The van der Waals surface area contributed by atoms with Crippen LogP contribution in [-0.4, -0.2) is 37.5 Å². The van der Waals surface area contributed by atoms with Gasteiger partial charge in [0.1, 0.15) is 11.2 Å². The molecule has 8 heteroatoms. The molecule has 0 atom stereocenters. The summed E-state index contributed by atoms with van der Waals surface area (Å²) < 4.78 is 13.6. The molecule has 4 aromatic carbocycles. The first-order valence-corrected chi connectivity index (χ1v) is 21.3. The van der Waals surface area contributed by atoms with E-state index in [2.05, 4.69) is 106 Å². The number of fused-ring (bicyclic) bond motifs is 3. The fourth-order valence-corrected chi connectivity index (χ4v) is 8.40. The molecular formula is C47H58Br2N2O4. The van der Waals surface area contributed by atoms with Crippen molar-refractivity contribution < 1.29 is 19.1 Å². The van der Waals surface area contributed by atoms with Crippen molar-refractivity contribution >= 4 is 55.4 Å². The van der Waals surface area contributed by atoms with Gasteiger partial charge in [0.25, 0.3) is 0 Å². The van der Waals surface area contributed by atoms with Crippen molar-refractivity contribution in [2.75, 3.05) is 23.9 Å². The summed E-state index contributed by atoms with van der Waals surface area (Å²) in [5.74, 6) is 0. The Bertz CT molecular complexity index is 1940. The number of carbonyl (C=O) groups is 2. The third kappa shape index (κ3) is 10.2. The van der Waals surface area contributed by atoms with Crippen LogP contribution < -0.4 is 9.80 Å². The molecule has 4 aromatic rings. The van der Waals surface area contributed by atoms with Crippen LogP contribution in [0.2, 0.25) is 0 Å². The van der Waals surface area contributed by atoms with Crippen molar-refractivity contribution in [2.45, 2.75) is 123 Å². The summed E-state index contributed by atoms with van der Waals surface area (Å²) in [6.45, 7) is 13.3. The van der Waals surface area contributed by atoms with Crippen LogP contribution in [0.5, 0.6) is 0 Å². The zero-order chi connectivity index (χ0) is 40.1. The molecular weight excluding hydrogens is 816 g/mol. The molecule has 0 aliphatic heterocycles. The Hall–Kier alpha value is -3.62. The predicted octanol–water partition coefficient (Wildman–Crippen LogP) is 13.8. The van der Waals surface area contributed by atoms with Crippen LogP contribution in [0.25, 0.3) is 11.1 Å². The largest absolute Gasteiger partial charge is 0.443 e. The molecule has 0 spiro atoms. The average molecular weight is 875 g/mol. The van der Waals surface area contributed by atoms with Crippen LogP contribution in [0, 0.1) is 0 Å². The molecule has 55 heavy (non-hydrogen) atoms. The number of halogens is 2. The minimum atomic E-state index is -0.673. The Morgan fingerprint density at radius 1 is 0.618 bits per heavy atom. The van der Waals surface area contributed by atoms with Gasteiger partial charge in [-0.25, -0.2) is 9.59 Å². The first-order valence-electron chi connectivity index (χ1n) is 19.7. The molecule has 0 bridgehead atoms. The van der Waals surface area contributed by atoms with Crippen molar-refractivity contribution in [1.82, 2.24) is 0 Å². The molecule has 0 heterocycles. The lowest BCUT2D eigenvalue weighted by molar-refractivity contribution is 0.0572. The van der Waals surface area contributed by atoms with Gasteiger partial charge in [0.05, 0.1) is 11.4 Å². The Labute approximate surface area is 346 Å². The van der Waals surface area contributed by atoms with Crippen LogP contribution in [0.15, 0.2) is 87.8 Å². The van der Waals surface area contributed by atoms with E-state index in [9.17, 15) is 9.59 Å². The number of aryl methyl sites for hydroxylation is 2. The number of unbranched alkanes of at least 4 members (excludes halogenated alkanes) is 4. The highest BCUT2D eigenvalue weighted by Gasteiger charge is 2.44. The number of nitrogens with zero attached hydrogens (tertiary/aromatic N) is 2. The molecule has 294 valence electrons. The Morgan fingerprint density at radius 3 is 1.69 bits per heavy atom. The minimum absolute atomic E-state index is 0.320. The molecule has 0 unspecified atom stereocenters. The van der Waals surface area contributed by atoms with Crippen molar-refractivity contribution in [3.05, 3.63) is 116 Å². The zero-order valence-electron chi connectivity index (χ0n) is 34.2. The maximum absolute atomic E-state index is 13.3. The second kappa shape index (κ2) is 17.7.